The van der Waals surface area contributed by atoms with Crippen LogP contribution in [0, 0.1) is 5.82 Å². The van der Waals surface area contributed by atoms with Crippen molar-refractivity contribution in [3.05, 3.63) is 30.1 Å². The molecule has 0 spiro atoms. The quantitative estimate of drug-likeness (QED) is 0.209. The van der Waals surface area contributed by atoms with Crippen LogP contribution in [-0.4, -0.2) is 62.7 Å². The van der Waals surface area contributed by atoms with E-state index < -0.39 is 0 Å². The summed E-state index contributed by atoms with van der Waals surface area (Å²) in [5.41, 5.74) is 0.656. The van der Waals surface area contributed by atoms with E-state index >= 15 is 0 Å². The molecule has 2 rings (SSSR count). The molecule has 0 unspecified atom stereocenters. The van der Waals surface area contributed by atoms with Crippen LogP contribution in [0.4, 0.5) is 10.1 Å². The van der Waals surface area contributed by atoms with Crippen molar-refractivity contribution < 1.29 is 13.9 Å². The zero-order chi connectivity index (χ0) is 18.8. The first-order chi connectivity index (χ1) is 12.7. The number of halogens is 2. The van der Waals surface area contributed by atoms with Gasteiger partial charge in [0.25, 0.3) is 0 Å². The first kappa shape index (κ1) is 23.5. The Morgan fingerprint density at radius 2 is 1.93 bits per heavy atom. The number of anilines is 1. The monoisotopic (exact) mass is 492 g/mol. The van der Waals surface area contributed by atoms with Crippen LogP contribution in [0.5, 0.6) is 0 Å². The minimum Gasteiger partial charge on any atom is -0.466 e. The van der Waals surface area contributed by atoms with Gasteiger partial charge in [-0.2, -0.15) is 0 Å². The molecule has 8 heteroatoms. The van der Waals surface area contributed by atoms with Crippen molar-refractivity contribution in [3.8, 4) is 0 Å². The highest BCUT2D eigenvalue weighted by molar-refractivity contribution is 14.0. The number of carbonyl (C=O) groups excluding carboxylic acids is 1. The third kappa shape index (κ3) is 7.51. The average molecular weight is 492 g/mol. The molecule has 1 saturated heterocycles. The molecule has 0 radical (unpaired) electrons. The molecule has 27 heavy (non-hydrogen) atoms. The summed E-state index contributed by atoms with van der Waals surface area (Å²) >= 11 is 0. The molecule has 6 nitrogen and oxygen atoms in total. The molecule has 1 aromatic carbocycles. The van der Waals surface area contributed by atoms with E-state index in [1.807, 2.05) is 19.1 Å². The number of para-hydroxylation sites is 1. The van der Waals surface area contributed by atoms with E-state index in [-0.39, 0.29) is 35.8 Å². The van der Waals surface area contributed by atoms with E-state index in [1.165, 1.54) is 6.07 Å². The number of ether oxygens (including phenoxy) is 1. The SMILES string of the molecule is CCNC(=NCCCC(=O)OCC)N1CCN(c2ccccc2F)CC1.I. The van der Waals surface area contributed by atoms with E-state index in [9.17, 15) is 9.18 Å². The van der Waals surface area contributed by atoms with Crippen LogP contribution in [-0.2, 0) is 9.53 Å². The first-order valence-electron chi connectivity index (χ1n) is 9.34. The molecular weight excluding hydrogens is 462 g/mol. The third-order valence-electron chi connectivity index (χ3n) is 4.21. The van der Waals surface area contributed by atoms with E-state index in [2.05, 4.69) is 20.1 Å². The van der Waals surface area contributed by atoms with Gasteiger partial charge in [0.15, 0.2) is 5.96 Å². The number of carbonyl (C=O) groups is 1. The van der Waals surface area contributed by atoms with Gasteiger partial charge in [-0.1, -0.05) is 12.1 Å². The maximum atomic E-state index is 13.9. The highest BCUT2D eigenvalue weighted by Gasteiger charge is 2.21. The zero-order valence-corrected chi connectivity index (χ0v) is 18.4. The topological polar surface area (TPSA) is 57.2 Å². The van der Waals surface area contributed by atoms with Gasteiger partial charge >= 0.3 is 5.97 Å². The van der Waals surface area contributed by atoms with Crippen molar-refractivity contribution in [2.45, 2.75) is 26.7 Å². The molecule has 1 aliphatic heterocycles. The van der Waals surface area contributed by atoms with Gasteiger partial charge in [-0.15, -0.1) is 24.0 Å². The van der Waals surface area contributed by atoms with Gasteiger partial charge in [0.2, 0.25) is 0 Å². The number of hydrogen-bond donors (Lipinski definition) is 1. The van der Waals surface area contributed by atoms with Crippen LogP contribution in [0.3, 0.4) is 0 Å². The standard InChI is InChI=1S/C19H29FN4O2.HI/c1-3-21-19(22-11-7-10-18(25)26-4-2)24-14-12-23(13-15-24)17-9-6-5-8-16(17)20;/h5-6,8-9H,3-4,7,10-15H2,1-2H3,(H,21,22);1H. The van der Waals surface area contributed by atoms with Crippen molar-refractivity contribution >= 4 is 41.6 Å². The lowest BCUT2D eigenvalue weighted by Crippen LogP contribution is -2.52. The number of nitrogens with one attached hydrogen (secondary N) is 1. The number of rotatable bonds is 7. The molecule has 1 aromatic rings. The second-order valence-corrected chi connectivity index (χ2v) is 6.07. The van der Waals surface area contributed by atoms with E-state index in [0.29, 0.717) is 31.7 Å². The van der Waals surface area contributed by atoms with Crippen LogP contribution < -0.4 is 10.2 Å². The Morgan fingerprint density at radius 1 is 1.22 bits per heavy atom. The zero-order valence-electron chi connectivity index (χ0n) is 16.1. The van der Waals surface area contributed by atoms with Crippen molar-refractivity contribution in [2.75, 3.05) is 50.8 Å². The van der Waals surface area contributed by atoms with Crippen LogP contribution in [0.2, 0.25) is 0 Å². The summed E-state index contributed by atoms with van der Waals surface area (Å²) in [5, 5.41) is 3.30. The largest absolute Gasteiger partial charge is 0.466 e. The van der Waals surface area contributed by atoms with Gasteiger partial charge in [0.1, 0.15) is 5.82 Å². The molecular formula is C19H30FIN4O2. The van der Waals surface area contributed by atoms with E-state index in [0.717, 1.165) is 38.7 Å². The lowest BCUT2D eigenvalue weighted by Gasteiger charge is -2.37. The lowest BCUT2D eigenvalue weighted by molar-refractivity contribution is -0.143. The summed E-state index contributed by atoms with van der Waals surface area (Å²) in [6.07, 6.45) is 1.06. The Balaban J connectivity index is 0.00000364. The van der Waals surface area contributed by atoms with Gasteiger partial charge in [-0.3, -0.25) is 9.79 Å². The second-order valence-electron chi connectivity index (χ2n) is 6.07. The van der Waals surface area contributed by atoms with Gasteiger partial charge in [-0.25, -0.2) is 4.39 Å². The fourth-order valence-corrected chi connectivity index (χ4v) is 2.93. The summed E-state index contributed by atoms with van der Waals surface area (Å²) in [6, 6.07) is 6.89. The Hall–Kier alpha value is -1.58. The molecule has 0 bridgehead atoms. The van der Waals surface area contributed by atoms with Gasteiger partial charge in [-0.05, 0) is 32.4 Å². The highest BCUT2D eigenvalue weighted by Crippen LogP contribution is 2.20. The molecule has 1 fully saturated rings. The van der Waals surface area contributed by atoms with Crippen molar-refractivity contribution in [3.63, 3.8) is 0 Å². The van der Waals surface area contributed by atoms with E-state index in [1.54, 1.807) is 13.0 Å². The fraction of sp³-hybridized carbons (Fsp3) is 0.579. The summed E-state index contributed by atoms with van der Waals surface area (Å²) in [5.74, 6) is 0.497. The number of benzene rings is 1. The van der Waals surface area contributed by atoms with Gasteiger partial charge in [0.05, 0.1) is 12.3 Å². The molecule has 1 heterocycles. The number of guanidine groups is 1. The number of piperazine rings is 1. The normalized spacial score (nSPS) is 14.6. The first-order valence-corrected chi connectivity index (χ1v) is 9.34. The Bertz CT molecular complexity index is 607. The molecule has 0 saturated carbocycles. The maximum absolute atomic E-state index is 13.9. The van der Waals surface area contributed by atoms with Gasteiger partial charge in [0, 0.05) is 45.7 Å². The fourth-order valence-electron chi connectivity index (χ4n) is 2.93. The highest BCUT2D eigenvalue weighted by atomic mass is 127. The predicted octanol–water partition coefficient (Wildman–Crippen LogP) is 2.87. The van der Waals surface area contributed by atoms with Crippen LogP contribution in [0.15, 0.2) is 29.3 Å². The smallest absolute Gasteiger partial charge is 0.305 e. The van der Waals surface area contributed by atoms with Crippen molar-refractivity contribution in [1.82, 2.24) is 10.2 Å². The number of hydrogen-bond acceptors (Lipinski definition) is 4. The minimum atomic E-state index is -0.180. The Morgan fingerprint density at radius 3 is 2.56 bits per heavy atom. The summed E-state index contributed by atoms with van der Waals surface area (Å²) in [7, 11) is 0. The van der Waals surface area contributed by atoms with Crippen LogP contribution in [0.25, 0.3) is 0 Å². The van der Waals surface area contributed by atoms with Crippen LogP contribution >= 0.6 is 24.0 Å². The van der Waals surface area contributed by atoms with Crippen LogP contribution in [0.1, 0.15) is 26.7 Å². The number of aliphatic imine (C=N–C) groups is 1. The Labute approximate surface area is 178 Å². The molecule has 1 N–H and O–H groups in total. The molecule has 0 amide bonds. The molecule has 0 aliphatic carbocycles. The van der Waals surface area contributed by atoms with E-state index in [4.69, 9.17) is 4.74 Å². The van der Waals surface area contributed by atoms with Gasteiger partial charge < -0.3 is 19.9 Å². The molecule has 152 valence electrons. The minimum absolute atomic E-state index is 0. The van der Waals surface area contributed by atoms with Crippen molar-refractivity contribution in [2.24, 2.45) is 4.99 Å². The summed E-state index contributed by atoms with van der Waals surface area (Å²) in [4.78, 5) is 20.2. The summed E-state index contributed by atoms with van der Waals surface area (Å²) < 4.78 is 18.9. The number of nitrogens with zero attached hydrogens (tertiary/aromatic N) is 3. The Kier molecular flexibility index (Phi) is 11.1. The average Bonchev–Trinajstić information content (AvgIpc) is 2.65. The summed E-state index contributed by atoms with van der Waals surface area (Å²) in [6.45, 7) is 8.65. The van der Waals surface area contributed by atoms with Crippen molar-refractivity contribution in [1.29, 1.82) is 0 Å². The maximum Gasteiger partial charge on any atom is 0.305 e. The number of esters is 1. The third-order valence-corrected chi connectivity index (χ3v) is 4.21. The predicted molar refractivity (Wildman–Crippen MR) is 117 cm³/mol. The molecule has 1 aliphatic rings. The second kappa shape index (κ2) is 12.7. The molecule has 0 aromatic heterocycles. The molecule has 0 atom stereocenters. The lowest BCUT2D eigenvalue weighted by atomic mass is 10.2.